The van der Waals surface area contributed by atoms with Crippen molar-refractivity contribution < 1.29 is 14.3 Å². The summed E-state index contributed by atoms with van der Waals surface area (Å²) in [5.74, 6) is -1.40. The van der Waals surface area contributed by atoms with Crippen LogP contribution in [0.2, 0.25) is 0 Å². The van der Waals surface area contributed by atoms with Crippen molar-refractivity contribution in [2.75, 3.05) is 11.9 Å². The Hall–Kier alpha value is -1.84. The molecule has 4 heteroatoms. The number of hydrogen-bond donors (Lipinski definition) is 1. The highest BCUT2D eigenvalue weighted by Crippen LogP contribution is 2.29. The van der Waals surface area contributed by atoms with Crippen molar-refractivity contribution in [3.8, 4) is 0 Å². The Kier molecular flexibility index (Phi) is 4.93. The molecule has 1 N–H and O–H groups in total. The lowest BCUT2D eigenvalue weighted by Gasteiger charge is -2.37. The van der Waals surface area contributed by atoms with E-state index in [4.69, 9.17) is 5.11 Å². The van der Waals surface area contributed by atoms with E-state index >= 15 is 0 Å². The summed E-state index contributed by atoms with van der Waals surface area (Å²) in [6.45, 7) is 8.37. The summed E-state index contributed by atoms with van der Waals surface area (Å²) in [6.07, 6.45) is 2.37. The molecule has 110 valence electrons. The number of hydrogen-bond acceptors (Lipinski definition) is 2. The fourth-order valence-electron chi connectivity index (χ4n) is 1.87. The lowest BCUT2D eigenvalue weighted by atomic mass is 9.87. The van der Waals surface area contributed by atoms with Gasteiger partial charge in [-0.05, 0) is 36.1 Å². The fraction of sp³-hybridized carbons (Fsp3) is 0.438. The average molecular weight is 279 g/mol. The fourth-order valence-corrected chi connectivity index (χ4v) is 1.87. The normalized spacial score (nSPS) is 13.5. The van der Waals surface area contributed by atoms with Crippen molar-refractivity contribution in [1.82, 2.24) is 0 Å². The van der Waals surface area contributed by atoms with Crippen LogP contribution in [0.5, 0.6) is 0 Å². The van der Waals surface area contributed by atoms with Gasteiger partial charge in [0.1, 0.15) is 5.82 Å². The molecule has 0 radical (unpaired) electrons. The predicted molar refractivity (Wildman–Crippen MR) is 80.4 cm³/mol. The zero-order valence-corrected chi connectivity index (χ0v) is 12.6. The number of benzene rings is 1. The molecule has 1 atom stereocenters. The molecule has 1 aromatic carbocycles. The van der Waals surface area contributed by atoms with E-state index in [1.165, 1.54) is 12.1 Å². The third-order valence-electron chi connectivity index (χ3n) is 3.60. The number of carboxylic acids is 1. The minimum Gasteiger partial charge on any atom is -0.478 e. The maximum absolute atomic E-state index is 14.2. The van der Waals surface area contributed by atoms with Crippen molar-refractivity contribution in [2.24, 2.45) is 5.41 Å². The molecular weight excluding hydrogens is 257 g/mol. The molecular formula is C16H22FNO2. The Balaban J connectivity index is 3.01. The first-order chi connectivity index (χ1) is 9.12. The highest BCUT2D eigenvalue weighted by atomic mass is 19.1. The minimum atomic E-state index is -1.05. The Labute approximate surface area is 119 Å². The van der Waals surface area contributed by atoms with E-state index in [1.807, 2.05) is 11.9 Å². The summed E-state index contributed by atoms with van der Waals surface area (Å²) in [5, 5.41) is 8.56. The van der Waals surface area contributed by atoms with E-state index < -0.39 is 5.97 Å². The number of anilines is 1. The minimum absolute atomic E-state index is 0.0308. The summed E-state index contributed by atoms with van der Waals surface area (Å²) < 4.78 is 14.2. The molecule has 0 bridgehead atoms. The average Bonchev–Trinajstić information content (AvgIpc) is 2.33. The van der Waals surface area contributed by atoms with Crippen LogP contribution in [0.1, 0.15) is 33.3 Å². The highest BCUT2D eigenvalue weighted by molar-refractivity contribution is 5.85. The largest absolute Gasteiger partial charge is 0.478 e. The van der Waals surface area contributed by atoms with Crippen molar-refractivity contribution in [3.05, 3.63) is 35.7 Å². The molecule has 0 spiro atoms. The Morgan fingerprint density at radius 2 is 2.00 bits per heavy atom. The summed E-state index contributed by atoms with van der Waals surface area (Å²) in [6, 6.07) is 4.90. The maximum atomic E-state index is 14.2. The number of rotatable bonds is 4. The predicted octanol–water partition coefficient (Wildman–Crippen LogP) is 3.79. The monoisotopic (exact) mass is 279 g/mol. The zero-order valence-electron chi connectivity index (χ0n) is 12.6. The van der Waals surface area contributed by atoms with Crippen LogP contribution in [0.25, 0.3) is 6.08 Å². The van der Waals surface area contributed by atoms with Crippen LogP contribution in [0, 0.1) is 11.2 Å². The second-order valence-electron chi connectivity index (χ2n) is 6.04. The molecule has 0 saturated heterocycles. The third-order valence-corrected chi connectivity index (χ3v) is 3.60. The molecule has 0 aromatic heterocycles. The van der Waals surface area contributed by atoms with Crippen LogP contribution < -0.4 is 4.90 Å². The van der Waals surface area contributed by atoms with E-state index in [0.717, 1.165) is 6.08 Å². The molecule has 1 aromatic rings. The van der Waals surface area contributed by atoms with Crippen LogP contribution in [0.4, 0.5) is 10.1 Å². The van der Waals surface area contributed by atoms with Gasteiger partial charge in [-0.15, -0.1) is 0 Å². The van der Waals surface area contributed by atoms with Crippen molar-refractivity contribution >= 4 is 17.7 Å². The molecule has 0 aliphatic carbocycles. The number of carboxylic acid groups (broad SMARTS) is 1. The molecule has 0 aliphatic rings. The summed E-state index contributed by atoms with van der Waals surface area (Å²) in [7, 11) is 1.86. The van der Waals surface area contributed by atoms with Crippen molar-refractivity contribution in [3.63, 3.8) is 0 Å². The maximum Gasteiger partial charge on any atom is 0.328 e. The van der Waals surface area contributed by atoms with Gasteiger partial charge in [-0.3, -0.25) is 0 Å². The van der Waals surface area contributed by atoms with Crippen LogP contribution in [0.3, 0.4) is 0 Å². The van der Waals surface area contributed by atoms with Gasteiger partial charge < -0.3 is 10.0 Å². The summed E-state index contributed by atoms with van der Waals surface area (Å²) >= 11 is 0. The lowest BCUT2D eigenvalue weighted by Crippen LogP contribution is -2.39. The molecule has 0 amide bonds. The van der Waals surface area contributed by atoms with E-state index in [0.29, 0.717) is 11.3 Å². The zero-order chi connectivity index (χ0) is 15.5. The first-order valence-electron chi connectivity index (χ1n) is 6.56. The number of nitrogens with zero attached hydrogens (tertiary/aromatic N) is 1. The SMILES string of the molecule is CC(N(C)c1ccc(C=CC(=O)O)cc1F)C(C)(C)C. The van der Waals surface area contributed by atoms with Gasteiger partial charge >= 0.3 is 5.97 Å². The first kappa shape index (κ1) is 16.2. The van der Waals surface area contributed by atoms with Gasteiger partial charge in [0.25, 0.3) is 0 Å². The van der Waals surface area contributed by atoms with Gasteiger partial charge in [-0.2, -0.15) is 0 Å². The topological polar surface area (TPSA) is 40.5 Å². The Morgan fingerprint density at radius 3 is 2.45 bits per heavy atom. The van der Waals surface area contributed by atoms with E-state index in [1.54, 1.807) is 12.1 Å². The molecule has 0 saturated carbocycles. The second kappa shape index (κ2) is 6.07. The quantitative estimate of drug-likeness (QED) is 0.852. The van der Waals surface area contributed by atoms with Gasteiger partial charge in [0.15, 0.2) is 0 Å². The lowest BCUT2D eigenvalue weighted by molar-refractivity contribution is -0.131. The molecule has 0 fully saturated rings. The first-order valence-corrected chi connectivity index (χ1v) is 6.56. The standard InChI is InChI=1S/C16H22FNO2/c1-11(16(2,3)4)18(5)14-8-6-12(10-13(14)17)7-9-15(19)20/h6-11H,1-5H3,(H,19,20). The summed E-state index contributed by atoms with van der Waals surface area (Å²) in [5.41, 5.74) is 1.08. The molecule has 20 heavy (non-hydrogen) atoms. The number of halogens is 1. The van der Waals surface area contributed by atoms with Gasteiger partial charge in [0, 0.05) is 19.2 Å². The van der Waals surface area contributed by atoms with Gasteiger partial charge in [-0.25, -0.2) is 9.18 Å². The molecule has 0 heterocycles. The Bertz CT molecular complexity index is 518. The van der Waals surface area contributed by atoms with Crippen LogP contribution in [0.15, 0.2) is 24.3 Å². The van der Waals surface area contributed by atoms with Crippen LogP contribution in [-0.4, -0.2) is 24.2 Å². The number of aliphatic carboxylic acids is 1. The molecule has 0 aliphatic heterocycles. The molecule has 1 rings (SSSR count). The summed E-state index contributed by atoms with van der Waals surface area (Å²) in [4.78, 5) is 12.3. The number of carbonyl (C=O) groups is 1. The molecule has 1 unspecified atom stereocenters. The smallest absolute Gasteiger partial charge is 0.328 e. The van der Waals surface area contributed by atoms with Gasteiger partial charge in [0.2, 0.25) is 0 Å². The third kappa shape index (κ3) is 4.08. The second-order valence-corrected chi connectivity index (χ2v) is 6.04. The van der Waals surface area contributed by atoms with Gasteiger partial charge in [-0.1, -0.05) is 26.8 Å². The van der Waals surface area contributed by atoms with Crippen LogP contribution in [-0.2, 0) is 4.79 Å². The van der Waals surface area contributed by atoms with E-state index in [2.05, 4.69) is 27.7 Å². The van der Waals surface area contributed by atoms with Crippen molar-refractivity contribution in [1.29, 1.82) is 0 Å². The highest BCUT2D eigenvalue weighted by Gasteiger charge is 2.25. The van der Waals surface area contributed by atoms with E-state index in [9.17, 15) is 9.18 Å². The van der Waals surface area contributed by atoms with Crippen molar-refractivity contribution in [2.45, 2.75) is 33.7 Å². The van der Waals surface area contributed by atoms with Gasteiger partial charge in [0.05, 0.1) is 5.69 Å². The molecule has 3 nitrogen and oxygen atoms in total. The van der Waals surface area contributed by atoms with E-state index in [-0.39, 0.29) is 17.3 Å². The van der Waals surface area contributed by atoms with Crippen LogP contribution >= 0.6 is 0 Å². The Morgan fingerprint density at radius 1 is 1.40 bits per heavy atom.